The summed E-state index contributed by atoms with van der Waals surface area (Å²) in [5.74, 6) is 0.543. The number of carbonyl (C=O) groups is 1. The average Bonchev–Trinajstić information content (AvgIpc) is 3.39. The van der Waals surface area contributed by atoms with Crippen molar-refractivity contribution in [3.8, 4) is 0 Å². The molecule has 2 aromatic heterocycles. The van der Waals surface area contributed by atoms with E-state index in [9.17, 15) is 4.79 Å². The highest BCUT2D eigenvalue weighted by Crippen LogP contribution is 2.33. The topological polar surface area (TPSA) is 47.2 Å². The molecule has 0 atom stereocenters. The summed E-state index contributed by atoms with van der Waals surface area (Å²) in [7, 11) is 0. The van der Waals surface area contributed by atoms with Gasteiger partial charge in [-0.3, -0.25) is 9.78 Å². The minimum atomic E-state index is -0.182. The minimum absolute atomic E-state index is 0.0436. The minimum Gasteiger partial charge on any atom is -0.320 e. The fraction of sp³-hybridized carbons (Fsp3) is 0.409. The van der Waals surface area contributed by atoms with E-state index in [2.05, 4.69) is 42.2 Å². The lowest BCUT2D eigenvalue weighted by Crippen LogP contribution is -2.20. The van der Waals surface area contributed by atoms with Gasteiger partial charge in [-0.15, -0.1) is 11.3 Å². The maximum atomic E-state index is 13.1. The van der Waals surface area contributed by atoms with Crippen LogP contribution in [0.25, 0.3) is 10.8 Å². The molecule has 4 nitrogen and oxygen atoms in total. The Kier molecular flexibility index (Phi) is 4.50. The van der Waals surface area contributed by atoms with Crippen LogP contribution in [0, 0.1) is 12.8 Å². The van der Waals surface area contributed by atoms with Crippen molar-refractivity contribution in [1.82, 2.24) is 9.55 Å². The Balaban J connectivity index is 1.84. The summed E-state index contributed by atoms with van der Waals surface area (Å²) in [5.41, 5.74) is 1.92. The number of nitrogens with zero attached hydrogens (tertiary/aromatic N) is 3. The zero-order valence-electron chi connectivity index (χ0n) is 16.3. The zero-order chi connectivity index (χ0) is 19.2. The summed E-state index contributed by atoms with van der Waals surface area (Å²) in [6.45, 7) is 9.78. The normalized spacial score (nSPS) is 15.5. The van der Waals surface area contributed by atoms with Crippen molar-refractivity contribution in [2.24, 2.45) is 10.9 Å². The van der Waals surface area contributed by atoms with E-state index in [1.807, 2.05) is 24.3 Å². The van der Waals surface area contributed by atoms with E-state index < -0.39 is 0 Å². The predicted octanol–water partition coefficient (Wildman–Crippen LogP) is 4.85. The number of hydrogen-bond acceptors (Lipinski definition) is 3. The molecule has 4 rings (SSSR count). The van der Waals surface area contributed by atoms with E-state index in [4.69, 9.17) is 0 Å². The first kappa shape index (κ1) is 18.1. The Morgan fingerprint density at radius 3 is 2.78 bits per heavy atom. The number of pyridine rings is 1. The Morgan fingerprint density at radius 2 is 2.07 bits per heavy atom. The van der Waals surface area contributed by atoms with Gasteiger partial charge in [-0.1, -0.05) is 32.9 Å². The van der Waals surface area contributed by atoms with Gasteiger partial charge in [-0.2, -0.15) is 4.99 Å². The molecule has 2 heterocycles. The third kappa shape index (κ3) is 3.61. The number of hydrogen-bond donors (Lipinski definition) is 0. The van der Waals surface area contributed by atoms with Gasteiger partial charge in [-0.05, 0) is 48.6 Å². The molecule has 1 aliphatic carbocycles. The van der Waals surface area contributed by atoms with Crippen LogP contribution in [-0.2, 0) is 12.0 Å². The lowest BCUT2D eigenvalue weighted by molar-refractivity contribution is 0.0999. The summed E-state index contributed by atoms with van der Waals surface area (Å²) in [5, 5.41) is 1.86. The largest absolute Gasteiger partial charge is 0.320 e. The van der Waals surface area contributed by atoms with Crippen LogP contribution in [0.5, 0.6) is 0 Å². The van der Waals surface area contributed by atoms with E-state index in [1.54, 1.807) is 23.7 Å². The lowest BCUT2D eigenvalue weighted by Gasteiger charge is -2.17. The van der Waals surface area contributed by atoms with E-state index in [0.29, 0.717) is 5.56 Å². The molecule has 0 N–H and O–H groups in total. The molecular weight excluding hydrogens is 354 g/mol. The van der Waals surface area contributed by atoms with Crippen molar-refractivity contribution in [1.29, 1.82) is 0 Å². The molecule has 0 aliphatic heterocycles. The van der Waals surface area contributed by atoms with Crippen LogP contribution in [0.1, 0.15) is 54.5 Å². The summed E-state index contributed by atoms with van der Waals surface area (Å²) in [6, 6.07) is 7.60. The van der Waals surface area contributed by atoms with Crippen molar-refractivity contribution in [3.63, 3.8) is 0 Å². The number of aromatic nitrogens is 2. The number of benzene rings is 1. The van der Waals surface area contributed by atoms with Crippen LogP contribution in [0.2, 0.25) is 0 Å². The summed E-state index contributed by atoms with van der Waals surface area (Å²) in [4.78, 5) is 23.9. The molecule has 140 valence electrons. The Labute approximate surface area is 163 Å². The first-order valence-electron chi connectivity index (χ1n) is 9.47. The van der Waals surface area contributed by atoms with Gasteiger partial charge < -0.3 is 4.57 Å². The molecule has 27 heavy (non-hydrogen) atoms. The second-order valence-corrected chi connectivity index (χ2v) is 9.40. The summed E-state index contributed by atoms with van der Waals surface area (Å²) < 4.78 is 2.26. The molecule has 1 amide bonds. The quantitative estimate of drug-likeness (QED) is 0.653. The van der Waals surface area contributed by atoms with Gasteiger partial charge in [0.1, 0.15) is 0 Å². The number of fused-ring (bicyclic) bond motifs is 1. The molecule has 0 saturated heterocycles. The van der Waals surface area contributed by atoms with Gasteiger partial charge in [0.05, 0.1) is 0 Å². The van der Waals surface area contributed by atoms with Gasteiger partial charge in [0.2, 0.25) is 0 Å². The Bertz CT molecular complexity index is 1080. The van der Waals surface area contributed by atoms with Gasteiger partial charge >= 0.3 is 0 Å². The van der Waals surface area contributed by atoms with Gasteiger partial charge in [0.25, 0.3) is 5.91 Å². The van der Waals surface area contributed by atoms with E-state index in [0.717, 1.165) is 28.0 Å². The summed E-state index contributed by atoms with van der Waals surface area (Å²) >= 11 is 1.65. The molecular formula is C22H25N3OS. The van der Waals surface area contributed by atoms with E-state index in [1.165, 1.54) is 23.4 Å². The maximum Gasteiger partial charge on any atom is 0.280 e. The third-order valence-corrected chi connectivity index (χ3v) is 6.69. The zero-order valence-corrected chi connectivity index (χ0v) is 17.1. The van der Waals surface area contributed by atoms with Crippen LogP contribution in [-0.4, -0.2) is 15.5 Å². The third-order valence-electron chi connectivity index (χ3n) is 5.08. The SMILES string of the molecule is Cc1c(C(C)(C)C)sc(=NC(=O)c2cccc3cnccc23)n1CC1CC1. The molecule has 1 aromatic carbocycles. The predicted molar refractivity (Wildman–Crippen MR) is 110 cm³/mol. The molecule has 0 unspecified atom stereocenters. The average molecular weight is 380 g/mol. The Morgan fingerprint density at radius 1 is 1.30 bits per heavy atom. The lowest BCUT2D eigenvalue weighted by atomic mass is 9.93. The number of carbonyl (C=O) groups excluding carboxylic acids is 1. The summed E-state index contributed by atoms with van der Waals surface area (Å²) in [6.07, 6.45) is 6.06. The van der Waals surface area contributed by atoms with E-state index in [-0.39, 0.29) is 11.3 Å². The molecule has 1 fully saturated rings. The second-order valence-electron chi connectivity index (χ2n) is 8.42. The highest BCUT2D eigenvalue weighted by molar-refractivity contribution is 7.09. The van der Waals surface area contributed by atoms with Crippen molar-refractivity contribution in [2.45, 2.75) is 52.5 Å². The molecule has 1 saturated carbocycles. The smallest absolute Gasteiger partial charge is 0.280 e. The van der Waals surface area contributed by atoms with Crippen molar-refractivity contribution in [3.05, 3.63) is 57.6 Å². The maximum absolute atomic E-state index is 13.1. The van der Waals surface area contributed by atoms with Crippen LogP contribution < -0.4 is 4.80 Å². The van der Waals surface area contributed by atoms with Crippen molar-refractivity contribution >= 4 is 28.0 Å². The van der Waals surface area contributed by atoms with E-state index >= 15 is 0 Å². The number of rotatable bonds is 3. The molecule has 1 aliphatic rings. The highest BCUT2D eigenvalue weighted by Gasteiger charge is 2.27. The number of thiazole rings is 1. The van der Waals surface area contributed by atoms with Crippen LogP contribution in [0.15, 0.2) is 41.7 Å². The van der Waals surface area contributed by atoms with Crippen molar-refractivity contribution < 1.29 is 4.79 Å². The van der Waals surface area contributed by atoms with Gasteiger partial charge in [0, 0.05) is 40.5 Å². The van der Waals surface area contributed by atoms with Crippen LogP contribution in [0.3, 0.4) is 0 Å². The fourth-order valence-corrected chi connectivity index (χ4v) is 4.69. The molecule has 3 aromatic rings. The standard InChI is InChI=1S/C22H25N3OS/c1-14-19(22(2,3)4)27-21(25(14)13-15-8-9-15)24-20(26)18-7-5-6-16-12-23-11-10-17(16)18/h5-7,10-12,15H,8-9,13H2,1-4H3. The fourth-order valence-electron chi connectivity index (χ4n) is 3.50. The monoisotopic (exact) mass is 379 g/mol. The van der Waals surface area contributed by atoms with Crippen LogP contribution >= 0.6 is 11.3 Å². The first-order valence-corrected chi connectivity index (χ1v) is 10.3. The second kappa shape index (κ2) is 6.71. The molecule has 0 spiro atoms. The van der Waals surface area contributed by atoms with Gasteiger partial charge in [0.15, 0.2) is 4.80 Å². The Hall–Kier alpha value is -2.27. The molecule has 5 heteroatoms. The van der Waals surface area contributed by atoms with Gasteiger partial charge in [-0.25, -0.2) is 0 Å². The highest BCUT2D eigenvalue weighted by atomic mass is 32.1. The van der Waals surface area contributed by atoms with Crippen molar-refractivity contribution in [2.75, 3.05) is 0 Å². The molecule has 0 bridgehead atoms. The first-order chi connectivity index (χ1) is 12.8. The molecule has 0 radical (unpaired) electrons. The van der Waals surface area contributed by atoms with Crippen LogP contribution in [0.4, 0.5) is 0 Å². The number of amides is 1.